The Hall–Kier alpha value is -1.88. The number of carbonyl (C=O) groups excluding carboxylic acids is 1. The van der Waals surface area contributed by atoms with Gasteiger partial charge in [-0.2, -0.15) is 0 Å². The Bertz CT molecular complexity index is 519. The molecule has 3 unspecified atom stereocenters. The summed E-state index contributed by atoms with van der Waals surface area (Å²) >= 11 is 0. The number of rotatable bonds is 7. The predicted octanol–water partition coefficient (Wildman–Crippen LogP) is 2.95. The zero-order chi connectivity index (χ0) is 17.4. The van der Waals surface area contributed by atoms with Gasteiger partial charge in [-0.05, 0) is 37.3 Å². The standard InChI is InChI=1S/C19H30N4O/c1-4-8-16(5-2)21-19(24)22-18-10-12-23(13-15(18)3)14-17-9-6-7-11-20-17/h4,6-7,9,11,15-16,18H,1,5,8,10,12-14H2,2-3H3,(H2,21,22,24). The van der Waals surface area contributed by atoms with Crippen LogP contribution in [0.2, 0.25) is 0 Å². The molecule has 2 rings (SSSR count). The molecule has 2 amide bonds. The summed E-state index contributed by atoms with van der Waals surface area (Å²) in [5.41, 5.74) is 1.10. The molecular weight excluding hydrogens is 300 g/mol. The molecule has 1 saturated heterocycles. The van der Waals surface area contributed by atoms with Crippen molar-refractivity contribution in [1.82, 2.24) is 20.5 Å². The molecule has 1 aromatic heterocycles. The van der Waals surface area contributed by atoms with E-state index in [2.05, 4.69) is 47.0 Å². The van der Waals surface area contributed by atoms with E-state index in [0.717, 1.165) is 44.6 Å². The molecule has 1 aromatic rings. The summed E-state index contributed by atoms with van der Waals surface area (Å²) in [6, 6.07) is 6.37. The van der Waals surface area contributed by atoms with E-state index in [9.17, 15) is 4.79 Å². The second kappa shape index (κ2) is 9.42. The number of pyridine rings is 1. The first-order valence-electron chi connectivity index (χ1n) is 8.92. The minimum Gasteiger partial charge on any atom is -0.335 e. The maximum absolute atomic E-state index is 12.2. The molecule has 0 radical (unpaired) electrons. The predicted molar refractivity (Wildman–Crippen MR) is 97.6 cm³/mol. The number of nitrogens with one attached hydrogen (secondary N) is 2. The Balaban J connectivity index is 1.78. The molecule has 5 heteroatoms. The lowest BCUT2D eigenvalue weighted by molar-refractivity contribution is 0.140. The summed E-state index contributed by atoms with van der Waals surface area (Å²) in [6.07, 6.45) is 6.39. The Morgan fingerprint density at radius 3 is 3.00 bits per heavy atom. The van der Waals surface area contributed by atoms with E-state index in [1.807, 2.05) is 24.4 Å². The van der Waals surface area contributed by atoms with Gasteiger partial charge in [0.05, 0.1) is 5.69 Å². The van der Waals surface area contributed by atoms with Crippen LogP contribution in [0.25, 0.3) is 0 Å². The number of hydrogen-bond acceptors (Lipinski definition) is 3. The van der Waals surface area contributed by atoms with Crippen molar-refractivity contribution in [3.05, 3.63) is 42.7 Å². The van der Waals surface area contributed by atoms with Crippen LogP contribution in [0.5, 0.6) is 0 Å². The number of urea groups is 1. The minimum atomic E-state index is -0.0567. The van der Waals surface area contributed by atoms with Crippen LogP contribution in [0.3, 0.4) is 0 Å². The molecule has 2 heterocycles. The van der Waals surface area contributed by atoms with Gasteiger partial charge in [0.15, 0.2) is 0 Å². The van der Waals surface area contributed by atoms with Crippen LogP contribution in [-0.2, 0) is 6.54 Å². The third-order valence-corrected chi connectivity index (χ3v) is 4.70. The van der Waals surface area contributed by atoms with Crippen molar-refractivity contribution in [3.63, 3.8) is 0 Å². The van der Waals surface area contributed by atoms with Gasteiger partial charge < -0.3 is 10.6 Å². The highest BCUT2D eigenvalue weighted by Gasteiger charge is 2.27. The second-order valence-corrected chi connectivity index (χ2v) is 6.68. The first kappa shape index (κ1) is 18.5. The van der Waals surface area contributed by atoms with Crippen LogP contribution >= 0.6 is 0 Å². The van der Waals surface area contributed by atoms with E-state index < -0.39 is 0 Å². The second-order valence-electron chi connectivity index (χ2n) is 6.68. The van der Waals surface area contributed by atoms with Gasteiger partial charge in [-0.1, -0.05) is 26.0 Å². The summed E-state index contributed by atoms with van der Waals surface area (Å²) in [4.78, 5) is 19.0. The van der Waals surface area contributed by atoms with Gasteiger partial charge in [-0.25, -0.2) is 4.79 Å². The van der Waals surface area contributed by atoms with Gasteiger partial charge in [-0.3, -0.25) is 9.88 Å². The quantitative estimate of drug-likeness (QED) is 0.756. The third kappa shape index (κ3) is 5.64. The maximum atomic E-state index is 12.2. The molecule has 0 aliphatic carbocycles. The average molecular weight is 330 g/mol. The van der Waals surface area contributed by atoms with Gasteiger partial charge in [0.1, 0.15) is 0 Å². The summed E-state index contributed by atoms with van der Waals surface area (Å²) in [5.74, 6) is 0.424. The van der Waals surface area contributed by atoms with Crippen molar-refractivity contribution < 1.29 is 4.79 Å². The van der Waals surface area contributed by atoms with Crippen LogP contribution in [0.1, 0.15) is 38.8 Å². The van der Waals surface area contributed by atoms with Crippen LogP contribution in [-0.4, -0.2) is 41.1 Å². The zero-order valence-corrected chi connectivity index (χ0v) is 14.9. The normalized spacial score (nSPS) is 22.6. The molecule has 2 N–H and O–H groups in total. The Kier molecular flexibility index (Phi) is 7.25. The Morgan fingerprint density at radius 1 is 1.54 bits per heavy atom. The number of nitrogens with zero attached hydrogens (tertiary/aromatic N) is 2. The van der Waals surface area contributed by atoms with E-state index in [1.54, 1.807) is 0 Å². The van der Waals surface area contributed by atoms with Gasteiger partial charge in [0, 0.05) is 37.9 Å². The monoisotopic (exact) mass is 330 g/mol. The fourth-order valence-electron chi connectivity index (χ4n) is 3.24. The first-order valence-corrected chi connectivity index (χ1v) is 8.92. The summed E-state index contributed by atoms with van der Waals surface area (Å²) in [5, 5.41) is 6.19. The van der Waals surface area contributed by atoms with Crippen molar-refractivity contribution in [2.24, 2.45) is 5.92 Å². The number of piperidine rings is 1. The van der Waals surface area contributed by atoms with Crippen LogP contribution in [0.4, 0.5) is 4.79 Å². The van der Waals surface area contributed by atoms with E-state index >= 15 is 0 Å². The smallest absolute Gasteiger partial charge is 0.315 e. The Labute approximate surface area is 145 Å². The van der Waals surface area contributed by atoms with Crippen molar-refractivity contribution in [2.75, 3.05) is 13.1 Å². The largest absolute Gasteiger partial charge is 0.335 e. The summed E-state index contributed by atoms with van der Waals surface area (Å²) in [6.45, 7) is 10.9. The molecule has 132 valence electrons. The van der Waals surface area contributed by atoms with Crippen LogP contribution in [0.15, 0.2) is 37.1 Å². The number of hydrogen-bond donors (Lipinski definition) is 2. The highest BCUT2D eigenvalue weighted by Crippen LogP contribution is 2.18. The lowest BCUT2D eigenvalue weighted by Crippen LogP contribution is -2.53. The fraction of sp³-hybridized carbons (Fsp3) is 0.579. The summed E-state index contributed by atoms with van der Waals surface area (Å²) < 4.78 is 0. The minimum absolute atomic E-state index is 0.0567. The average Bonchev–Trinajstić information content (AvgIpc) is 2.58. The lowest BCUT2D eigenvalue weighted by atomic mass is 9.94. The molecule has 0 saturated carbocycles. The first-order chi connectivity index (χ1) is 11.6. The van der Waals surface area contributed by atoms with Crippen molar-refractivity contribution >= 4 is 6.03 Å². The SMILES string of the molecule is C=CCC(CC)NC(=O)NC1CCN(Cc2ccccn2)CC1C. The summed E-state index contributed by atoms with van der Waals surface area (Å²) in [7, 11) is 0. The van der Waals surface area contributed by atoms with Crippen LogP contribution in [0, 0.1) is 5.92 Å². The van der Waals surface area contributed by atoms with E-state index in [1.165, 1.54) is 0 Å². The molecule has 0 spiro atoms. The van der Waals surface area contributed by atoms with Gasteiger partial charge in [0.2, 0.25) is 0 Å². The fourth-order valence-corrected chi connectivity index (χ4v) is 3.24. The van der Waals surface area contributed by atoms with Gasteiger partial charge in [-0.15, -0.1) is 6.58 Å². The zero-order valence-electron chi connectivity index (χ0n) is 14.9. The molecule has 3 atom stereocenters. The van der Waals surface area contributed by atoms with Crippen molar-refractivity contribution in [3.8, 4) is 0 Å². The van der Waals surface area contributed by atoms with Gasteiger partial charge in [0.25, 0.3) is 0 Å². The van der Waals surface area contributed by atoms with Crippen molar-refractivity contribution in [1.29, 1.82) is 0 Å². The topological polar surface area (TPSA) is 57.3 Å². The molecule has 0 bridgehead atoms. The molecule has 1 fully saturated rings. The van der Waals surface area contributed by atoms with Gasteiger partial charge >= 0.3 is 6.03 Å². The number of aromatic nitrogens is 1. The molecule has 1 aliphatic heterocycles. The number of likely N-dealkylation sites (tertiary alicyclic amines) is 1. The molecule has 0 aromatic carbocycles. The lowest BCUT2D eigenvalue weighted by Gasteiger charge is -2.37. The molecule has 5 nitrogen and oxygen atoms in total. The third-order valence-electron chi connectivity index (χ3n) is 4.70. The molecular formula is C19H30N4O. The van der Waals surface area contributed by atoms with Crippen LogP contribution < -0.4 is 10.6 Å². The highest BCUT2D eigenvalue weighted by molar-refractivity contribution is 5.74. The van der Waals surface area contributed by atoms with E-state index in [-0.39, 0.29) is 18.1 Å². The molecule has 1 aliphatic rings. The Morgan fingerprint density at radius 2 is 2.38 bits per heavy atom. The number of carbonyl (C=O) groups is 1. The molecule has 24 heavy (non-hydrogen) atoms. The highest BCUT2D eigenvalue weighted by atomic mass is 16.2. The van der Waals surface area contributed by atoms with E-state index in [0.29, 0.717) is 5.92 Å². The number of amides is 2. The van der Waals surface area contributed by atoms with Crippen molar-refractivity contribution in [2.45, 2.75) is 51.7 Å². The van der Waals surface area contributed by atoms with E-state index in [4.69, 9.17) is 0 Å². The maximum Gasteiger partial charge on any atom is 0.315 e.